The van der Waals surface area contributed by atoms with Gasteiger partial charge in [0.1, 0.15) is 0 Å². The topological polar surface area (TPSA) is 17.1 Å². The molecule has 0 radical (unpaired) electrons. The normalized spacial score (nSPS) is 11.6. The van der Waals surface area contributed by atoms with Crippen LogP contribution in [-0.2, 0) is 6.18 Å². The van der Waals surface area contributed by atoms with Crippen LogP contribution in [0.1, 0.15) is 34.0 Å². The van der Waals surface area contributed by atoms with E-state index in [4.69, 9.17) is 0 Å². The highest BCUT2D eigenvalue weighted by Gasteiger charge is 2.33. The Labute approximate surface area is 85.9 Å². The number of benzene rings is 1. The minimum atomic E-state index is -4.40. The molecule has 0 aromatic heterocycles. The number of hydrogen-bond acceptors (Lipinski definition) is 1. The van der Waals surface area contributed by atoms with Gasteiger partial charge in [0.05, 0.1) is 5.56 Å². The van der Waals surface area contributed by atoms with Crippen LogP contribution in [0.25, 0.3) is 0 Å². The third-order valence-corrected chi connectivity index (χ3v) is 2.26. The van der Waals surface area contributed by atoms with Crippen molar-refractivity contribution in [2.24, 2.45) is 0 Å². The van der Waals surface area contributed by atoms with Gasteiger partial charge in [0.2, 0.25) is 0 Å². The molecule has 0 spiro atoms. The molecule has 0 aliphatic rings. The van der Waals surface area contributed by atoms with Gasteiger partial charge >= 0.3 is 6.18 Å². The Bertz CT molecular complexity index is 405. The van der Waals surface area contributed by atoms with Crippen molar-refractivity contribution in [3.63, 3.8) is 0 Å². The number of aryl methyl sites for hydroxylation is 2. The first kappa shape index (κ1) is 11.8. The molecule has 15 heavy (non-hydrogen) atoms. The summed E-state index contributed by atoms with van der Waals surface area (Å²) in [7, 11) is 0. The molecule has 0 bridgehead atoms. The zero-order valence-corrected chi connectivity index (χ0v) is 8.70. The summed E-state index contributed by atoms with van der Waals surface area (Å²) in [6.07, 6.45) is -4.40. The van der Waals surface area contributed by atoms with Crippen molar-refractivity contribution in [2.45, 2.75) is 26.9 Å². The van der Waals surface area contributed by atoms with E-state index in [-0.39, 0.29) is 16.9 Å². The van der Waals surface area contributed by atoms with Gasteiger partial charge in [0.25, 0.3) is 0 Å². The van der Waals surface area contributed by atoms with E-state index >= 15 is 0 Å². The Morgan fingerprint density at radius 1 is 1.13 bits per heavy atom. The first-order valence-corrected chi connectivity index (χ1v) is 4.43. The lowest BCUT2D eigenvalue weighted by Crippen LogP contribution is -2.10. The van der Waals surface area contributed by atoms with Crippen LogP contribution in [-0.4, -0.2) is 5.78 Å². The number of Topliss-reactive ketones (excluding diaryl/α,β-unsaturated/α-hetero) is 1. The molecule has 0 unspecified atom stereocenters. The van der Waals surface area contributed by atoms with Crippen LogP contribution in [0.15, 0.2) is 12.1 Å². The van der Waals surface area contributed by atoms with Crippen molar-refractivity contribution in [3.8, 4) is 0 Å². The quantitative estimate of drug-likeness (QED) is 0.656. The lowest BCUT2D eigenvalue weighted by atomic mass is 9.97. The molecule has 1 nitrogen and oxygen atoms in total. The van der Waals surface area contributed by atoms with Crippen molar-refractivity contribution in [1.29, 1.82) is 0 Å². The molecule has 0 aliphatic heterocycles. The molecule has 4 heteroatoms. The molecule has 0 atom stereocenters. The molecule has 0 saturated carbocycles. The van der Waals surface area contributed by atoms with Crippen molar-refractivity contribution in [1.82, 2.24) is 0 Å². The smallest absolute Gasteiger partial charge is 0.295 e. The van der Waals surface area contributed by atoms with Gasteiger partial charge in [0.15, 0.2) is 5.78 Å². The standard InChI is InChI=1S/C11H11F3O/c1-6-4-7(2)10(11(12,13)14)5-9(6)8(3)15/h4-5H,1-3H3. The van der Waals surface area contributed by atoms with Crippen LogP contribution in [0.3, 0.4) is 0 Å². The van der Waals surface area contributed by atoms with Gasteiger partial charge < -0.3 is 0 Å². The number of carbonyl (C=O) groups is 1. The van der Waals surface area contributed by atoms with Crippen LogP contribution >= 0.6 is 0 Å². The predicted molar refractivity (Wildman–Crippen MR) is 50.9 cm³/mol. The van der Waals surface area contributed by atoms with E-state index in [9.17, 15) is 18.0 Å². The lowest BCUT2D eigenvalue weighted by molar-refractivity contribution is -0.138. The van der Waals surface area contributed by atoms with Crippen molar-refractivity contribution in [2.75, 3.05) is 0 Å². The van der Waals surface area contributed by atoms with Crippen LogP contribution in [0, 0.1) is 13.8 Å². The molecule has 0 N–H and O–H groups in total. The van der Waals surface area contributed by atoms with E-state index in [1.807, 2.05) is 0 Å². The SMILES string of the molecule is CC(=O)c1cc(C(F)(F)F)c(C)cc1C. The zero-order valence-electron chi connectivity index (χ0n) is 8.70. The largest absolute Gasteiger partial charge is 0.416 e. The molecule has 1 aromatic rings. The highest BCUT2D eigenvalue weighted by atomic mass is 19.4. The van der Waals surface area contributed by atoms with Crippen LogP contribution in [0.5, 0.6) is 0 Å². The monoisotopic (exact) mass is 216 g/mol. The van der Waals surface area contributed by atoms with E-state index in [0.717, 1.165) is 6.07 Å². The van der Waals surface area contributed by atoms with Gasteiger partial charge in [-0.05, 0) is 38.0 Å². The average molecular weight is 216 g/mol. The fraction of sp³-hybridized carbons (Fsp3) is 0.364. The van der Waals surface area contributed by atoms with E-state index in [1.165, 1.54) is 19.9 Å². The first-order valence-electron chi connectivity index (χ1n) is 4.43. The lowest BCUT2D eigenvalue weighted by Gasteiger charge is -2.13. The average Bonchev–Trinajstić information content (AvgIpc) is 2.00. The second-order valence-electron chi connectivity index (χ2n) is 3.54. The fourth-order valence-corrected chi connectivity index (χ4v) is 1.54. The van der Waals surface area contributed by atoms with Gasteiger partial charge in [-0.25, -0.2) is 0 Å². The summed E-state index contributed by atoms with van der Waals surface area (Å²) in [5.74, 6) is -0.349. The highest BCUT2D eigenvalue weighted by molar-refractivity contribution is 5.95. The van der Waals surface area contributed by atoms with Crippen LogP contribution in [0.4, 0.5) is 13.2 Å². The molecule has 82 valence electrons. The maximum atomic E-state index is 12.5. The number of hydrogen-bond donors (Lipinski definition) is 0. The zero-order chi connectivity index (χ0) is 11.8. The molecule has 0 fully saturated rings. The molecule has 0 heterocycles. The van der Waals surface area contributed by atoms with Crippen LogP contribution < -0.4 is 0 Å². The minimum Gasteiger partial charge on any atom is -0.295 e. The van der Waals surface area contributed by atoms with Crippen LogP contribution in [0.2, 0.25) is 0 Å². The summed E-state index contributed by atoms with van der Waals surface area (Å²) in [4.78, 5) is 11.1. The first-order chi connectivity index (χ1) is 6.73. The second kappa shape index (κ2) is 3.68. The summed E-state index contributed by atoms with van der Waals surface area (Å²) in [6, 6.07) is 2.31. The molecule has 0 amide bonds. The van der Waals surface area contributed by atoms with E-state index in [0.29, 0.717) is 5.56 Å². The second-order valence-corrected chi connectivity index (χ2v) is 3.54. The Kier molecular flexibility index (Phi) is 2.88. The summed E-state index contributed by atoms with van der Waals surface area (Å²) in [5, 5.41) is 0. The molecule has 1 rings (SSSR count). The van der Waals surface area contributed by atoms with Gasteiger partial charge in [-0.1, -0.05) is 6.07 Å². The van der Waals surface area contributed by atoms with Gasteiger partial charge in [-0.3, -0.25) is 4.79 Å². The minimum absolute atomic E-state index is 0.132. The number of rotatable bonds is 1. The third kappa shape index (κ3) is 2.37. The van der Waals surface area contributed by atoms with Gasteiger partial charge in [0, 0.05) is 5.56 Å². The molecule has 0 aliphatic carbocycles. The van der Waals surface area contributed by atoms with Gasteiger partial charge in [-0.2, -0.15) is 13.2 Å². The highest BCUT2D eigenvalue weighted by Crippen LogP contribution is 2.33. The predicted octanol–water partition coefficient (Wildman–Crippen LogP) is 3.52. The third-order valence-electron chi connectivity index (χ3n) is 2.26. The summed E-state index contributed by atoms with van der Waals surface area (Å²) in [5.41, 5.74) is 0.115. The molecular weight excluding hydrogens is 205 g/mol. The molecular formula is C11H11F3O. The summed E-state index contributed by atoms with van der Waals surface area (Å²) >= 11 is 0. The fourth-order valence-electron chi connectivity index (χ4n) is 1.54. The Hall–Kier alpha value is -1.32. The Balaban J connectivity index is 3.43. The maximum absolute atomic E-state index is 12.5. The molecule has 0 saturated heterocycles. The Morgan fingerprint density at radius 2 is 1.67 bits per heavy atom. The van der Waals surface area contributed by atoms with Crippen molar-refractivity contribution >= 4 is 5.78 Å². The number of carbonyl (C=O) groups excluding carboxylic acids is 1. The van der Waals surface area contributed by atoms with Crippen molar-refractivity contribution < 1.29 is 18.0 Å². The van der Waals surface area contributed by atoms with E-state index in [1.54, 1.807) is 6.92 Å². The van der Waals surface area contributed by atoms with E-state index in [2.05, 4.69) is 0 Å². The number of ketones is 1. The summed E-state index contributed by atoms with van der Waals surface area (Å²) < 4.78 is 37.5. The van der Waals surface area contributed by atoms with E-state index < -0.39 is 11.7 Å². The number of halogens is 3. The summed E-state index contributed by atoms with van der Waals surface area (Å²) in [6.45, 7) is 4.28. The van der Waals surface area contributed by atoms with Crippen molar-refractivity contribution in [3.05, 3.63) is 34.4 Å². The van der Waals surface area contributed by atoms with Gasteiger partial charge in [-0.15, -0.1) is 0 Å². The maximum Gasteiger partial charge on any atom is 0.416 e. The number of alkyl halides is 3. The molecule has 1 aromatic carbocycles. The Morgan fingerprint density at radius 3 is 2.07 bits per heavy atom.